The maximum Gasteiger partial charge on any atom is 0.269 e. The number of allylic oxidation sites excluding steroid dienone is 2. The van der Waals surface area contributed by atoms with Crippen LogP contribution in [0.5, 0.6) is 0 Å². The van der Waals surface area contributed by atoms with E-state index in [1.807, 2.05) is 6.07 Å². The molecule has 0 heterocycles. The minimum absolute atomic E-state index is 0.00548. The molecule has 0 radical (unpaired) electrons. The standard InChI is InChI=1S/C17H14N2O3/c1-18-12-15(11-17(20)14-5-3-2-4-6-14)13-7-9-16(10-8-13)19(21)22/h2-12H,1H3. The minimum Gasteiger partial charge on any atom is -0.296 e. The van der Waals surface area contributed by atoms with Gasteiger partial charge in [-0.05, 0) is 23.8 Å². The number of nitrogens with zero attached hydrogens (tertiary/aromatic N) is 2. The fourth-order valence-corrected chi connectivity index (χ4v) is 1.94. The zero-order valence-electron chi connectivity index (χ0n) is 12.0. The Morgan fingerprint density at radius 1 is 1.05 bits per heavy atom. The van der Waals surface area contributed by atoms with Crippen molar-refractivity contribution in [2.45, 2.75) is 0 Å². The molecule has 5 heteroatoms. The summed E-state index contributed by atoms with van der Waals surface area (Å²) >= 11 is 0. The molecule has 22 heavy (non-hydrogen) atoms. The van der Waals surface area contributed by atoms with Crippen molar-refractivity contribution in [1.82, 2.24) is 0 Å². The normalized spacial score (nSPS) is 11.6. The summed E-state index contributed by atoms with van der Waals surface area (Å²) in [4.78, 5) is 26.4. The van der Waals surface area contributed by atoms with Gasteiger partial charge in [0.1, 0.15) is 0 Å². The van der Waals surface area contributed by atoms with Crippen LogP contribution in [0.15, 0.2) is 65.7 Å². The number of rotatable bonds is 5. The molecule has 0 aromatic heterocycles. The molecule has 0 saturated carbocycles. The first-order valence-corrected chi connectivity index (χ1v) is 6.60. The fraction of sp³-hybridized carbons (Fsp3) is 0.0588. The van der Waals surface area contributed by atoms with E-state index in [0.29, 0.717) is 16.7 Å². The first kappa shape index (κ1) is 15.3. The Balaban J connectivity index is 2.35. The van der Waals surface area contributed by atoms with Crippen molar-refractivity contribution in [1.29, 1.82) is 0 Å². The monoisotopic (exact) mass is 294 g/mol. The smallest absolute Gasteiger partial charge is 0.269 e. The van der Waals surface area contributed by atoms with Crippen molar-refractivity contribution in [3.8, 4) is 0 Å². The number of carbonyl (C=O) groups is 1. The van der Waals surface area contributed by atoms with Gasteiger partial charge in [-0.1, -0.05) is 30.3 Å². The van der Waals surface area contributed by atoms with Crippen LogP contribution in [-0.2, 0) is 0 Å². The van der Waals surface area contributed by atoms with Gasteiger partial charge in [0.25, 0.3) is 5.69 Å². The van der Waals surface area contributed by atoms with Gasteiger partial charge in [0, 0.05) is 36.5 Å². The third kappa shape index (κ3) is 3.73. The van der Waals surface area contributed by atoms with Gasteiger partial charge in [-0.3, -0.25) is 19.9 Å². The van der Waals surface area contributed by atoms with E-state index in [4.69, 9.17) is 0 Å². The Morgan fingerprint density at radius 2 is 1.68 bits per heavy atom. The van der Waals surface area contributed by atoms with Crippen molar-refractivity contribution in [3.63, 3.8) is 0 Å². The highest BCUT2D eigenvalue weighted by molar-refractivity contribution is 6.19. The van der Waals surface area contributed by atoms with Gasteiger partial charge in [0.05, 0.1) is 4.92 Å². The Labute approximate surface area is 127 Å². The summed E-state index contributed by atoms with van der Waals surface area (Å²) in [6.45, 7) is 0. The van der Waals surface area contributed by atoms with E-state index < -0.39 is 4.92 Å². The molecule has 0 spiro atoms. The first-order valence-electron chi connectivity index (χ1n) is 6.60. The van der Waals surface area contributed by atoms with E-state index >= 15 is 0 Å². The summed E-state index contributed by atoms with van der Waals surface area (Å²) in [5.41, 5.74) is 1.88. The summed E-state index contributed by atoms with van der Waals surface area (Å²) in [5.74, 6) is -0.145. The highest BCUT2D eigenvalue weighted by Gasteiger charge is 2.08. The molecule has 110 valence electrons. The largest absolute Gasteiger partial charge is 0.296 e. The summed E-state index contributed by atoms with van der Waals surface area (Å²) in [7, 11) is 1.60. The number of ketones is 1. The van der Waals surface area contributed by atoms with Crippen LogP contribution >= 0.6 is 0 Å². The van der Waals surface area contributed by atoms with Gasteiger partial charge >= 0.3 is 0 Å². The second-order valence-electron chi connectivity index (χ2n) is 4.52. The van der Waals surface area contributed by atoms with Gasteiger partial charge in [-0.25, -0.2) is 0 Å². The van der Waals surface area contributed by atoms with Crippen LogP contribution in [-0.4, -0.2) is 24.0 Å². The van der Waals surface area contributed by atoms with Crippen LogP contribution in [0.1, 0.15) is 15.9 Å². The number of nitro benzene ring substituents is 1. The van der Waals surface area contributed by atoms with E-state index in [1.54, 1.807) is 49.7 Å². The third-order valence-corrected chi connectivity index (χ3v) is 3.02. The average Bonchev–Trinajstić information content (AvgIpc) is 2.55. The lowest BCUT2D eigenvalue weighted by Gasteiger charge is -2.02. The zero-order valence-corrected chi connectivity index (χ0v) is 12.0. The van der Waals surface area contributed by atoms with E-state index in [2.05, 4.69) is 4.99 Å². The summed E-state index contributed by atoms with van der Waals surface area (Å²) < 4.78 is 0. The molecule has 0 bridgehead atoms. The fourth-order valence-electron chi connectivity index (χ4n) is 1.94. The van der Waals surface area contributed by atoms with Gasteiger partial charge in [-0.2, -0.15) is 0 Å². The average molecular weight is 294 g/mol. The highest BCUT2D eigenvalue weighted by atomic mass is 16.6. The van der Waals surface area contributed by atoms with Crippen molar-refractivity contribution < 1.29 is 9.72 Å². The SMILES string of the molecule is CN=CC(=CC(=O)c1ccccc1)c1ccc([N+](=O)[O-])cc1. The van der Waals surface area contributed by atoms with Crippen molar-refractivity contribution in [2.75, 3.05) is 7.05 Å². The first-order chi connectivity index (χ1) is 10.6. The zero-order chi connectivity index (χ0) is 15.9. The molecule has 2 aromatic rings. The molecule has 0 aliphatic carbocycles. The van der Waals surface area contributed by atoms with Gasteiger partial charge < -0.3 is 0 Å². The maximum absolute atomic E-state index is 12.2. The van der Waals surface area contributed by atoms with Crippen LogP contribution in [0.2, 0.25) is 0 Å². The third-order valence-electron chi connectivity index (χ3n) is 3.02. The molecule has 5 nitrogen and oxygen atoms in total. The number of aliphatic imine (C=N–C) groups is 1. The van der Waals surface area contributed by atoms with Crippen molar-refractivity contribution >= 4 is 23.3 Å². The molecule has 0 aliphatic heterocycles. The predicted molar refractivity (Wildman–Crippen MR) is 86.3 cm³/mol. The number of carbonyl (C=O) groups excluding carboxylic acids is 1. The quantitative estimate of drug-likeness (QED) is 0.278. The van der Waals surface area contributed by atoms with Crippen LogP contribution in [0.4, 0.5) is 5.69 Å². The van der Waals surface area contributed by atoms with Crippen LogP contribution in [0, 0.1) is 10.1 Å². The Hall–Kier alpha value is -3.08. The molecular weight excluding hydrogens is 280 g/mol. The molecule has 0 N–H and O–H groups in total. The Kier molecular flexibility index (Phi) is 4.93. The maximum atomic E-state index is 12.2. The molecule has 0 aliphatic rings. The van der Waals surface area contributed by atoms with Gasteiger partial charge in [0.15, 0.2) is 5.78 Å². The van der Waals surface area contributed by atoms with Crippen molar-refractivity contribution in [2.24, 2.45) is 4.99 Å². The molecule has 0 atom stereocenters. The second-order valence-corrected chi connectivity index (χ2v) is 4.52. The minimum atomic E-state index is -0.462. The van der Waals surface area contributed by atoms with E-state index in [9.17, 15) is 14.9 Å². The van der Waals surface area contributed by atoms with Crippen LogP contribution < -0.4 is 0 Å². The second kappa shape index (κ2) is 7.08. The topological polar surface area (TPSA) is 72.6 Å². The van der Waals surface area contributed by atoms with Gasteiger partial charge in [-0.15, -0.1) is 0 Å². The van der Waals surface area contributed by atoms with E-state index in [0.717, 1.165) is 0 Å². The predicted octanol–water partition coefficient (Wildman–Crippen LogP) is 3.56. The molecule has 2 aromatic carbocycles. The lowest BCUT2D eigenvalue weighted by atomic mass is 10.0. The Morgan fingerprint density at radius 3 is 2.23 bits per heavy atom. The number of benzene rings is 2. The summed E-state index contributed by atoms with van der Waals surface area (Å²) in [5, 5.41) is 10.7. The van der Waals surface area contributed by atoms with E-state index in [-0.39, 0.29) is 11.5 Å². The Bertz CT molecular complexity index is 732. The molecule has 2 rings (SSSR count). The van der Waals surface area contributed by atoms with Crippen LogP contribution in [0.25, 0.3) is 5.57 Å². The number of hydrogen-bond donors (Lipinski definition) is 0. The van der Waals surface area contributed by atoms with Crippen molar-refractivity contribution in [3.05, 3.63) is 81.9 Å². The van der Waals surface area contributed by atoms with E-state index in [1.165, 1.54) is 18.2 Å². The molecule has 0 fully saturated rings. The van der Waals surface area contributed by atoms with Crippen LogP contribution in [0.3, 0.4) is 0 Å². The molecule has 0 unspecified atom stereocenters. The molecular formula is C17H14N2O3. The summed E-state index contributed by atoms with van der Waals surface area (Å²) in [6.07, 6.45) is 3.03. The number of nitro groups is 1. The molecule has 0 saturated heterocycles. The lowest BCUT2D eigenvalue weighted by molar-refractivity contribution is -0.384. The lowest BCUT2D eigenvalue weighted by Crippen LogP contribution is -1.97. The number of hydrogen-bond acceptors (Lipinski definition) is 4. The highest BCUT2D eigenvalue weighted by Crippen LogP contribution is 2.18. The van der Waals surface area contributed by atoms with Gasteiger partial charge in [0.2, 0.25) is 0 Å². The molecule has 0 amide bonds. The summed E-state index contributed by atoms with van der Waals surface area (Å²) in [6, 6.07) is 14.9. The number of non-ortho nitro benzene ring substituents is 1.